The Balaban J connectivity index is 1.03. The number of ether oxygens (including phenoxy) is 2. The van der Waals surface area contributed by atoms with Crippen LogP contribution in [0, 0.1) is 0 Å². The topological polar surface area (TPSA) is 24.9 Å². The van der Waals surface area contributed by atoms with E-state index in [0.29, 0.717) is 0 Å². The van der Waals surface area contributed by atoms with E-state index in [1.807, 2.05) is 0 Å². The average molecular weight is 1070 g/mol. The van der Waals surface area contributed by atoms with E-state index in [9.17, 15) is 0 Å². The van der Waals surface area contributed by atoms with Gasteiger partial charge in [-0.15, -0.1) is 0 Å². The first-order valence-electron chi connectivity index (χ1n) is 29.2. The van der Waals surface area contributed by atoms with E-state index in [2.05, 4.69) is 272 Å². The summed E-state index contributed by atoms with van der Waals surface area (Å²) >= 11 is 0. The molecule has 5 aliphatic carbocycles. The van der Waals surface area contributed by atoms with E-state index in [4.69, 9.17) is 16.1 Å². The van der Waals surface area contributed by atoms with Crippen LogP contribution >= 0.6 is 0 Å². The highest BCUT2D eigenvalue weighted by atomic mass is 16.5. The first-order chi connectivity index (χ1) is 41.1. The summed E-state index contributed by atoms with van der Waals surface area (Å²) in [6, 6.07) is 83.2. The lowest BCUT2D eigenvalue weighted by Gasteiger charge is -2.43. The molecule has 2 bridgehead atoms. The Morgan fingerprint density at radius 1 is 0.470 bits per heavy atom. The average Bonchev–Trinajstić information content (AvgIpc) is 1.13. The lowest BCUT2D eigenvalue weighted by molar-refractivity contribution is 0.477. The largest absolute Gasteiger partial charge is 0.453 e. The Labute approximate surface area is 484 Å². The SMILES string of the molecule is C=C(/C=C\C=C/C)C1C2=C(c3c4cc(N5c6ccccc6Oc6ccccc65)ccc4c(-c4cccc5c4C4c6ccccc6C5c5ccccc54)c4cc(N5c6ccccc6Oc6ccccc65)ccc34)CCC=C2Cc2ccccc21. The number of para-hydroxylation sites is 8. The van der Waals surface area contributed by atoms with Gasteiger partial charge < -0.3 is 19.3 Å². The molecule has 394 valence electrons. The summed E-state index contributed by atoms with van der Waals surface area (Å²) in [5, 5.41) is 4.87. The van der Waals surface area contributed by atoms with Crippen LogP contribution in [0.25, 0.3) is 38.2 Å². The van der Waals surface area contributed by atoms with Crippen molar-refractivity contribution in [1.29, 1.82) is 0 Å². The van der Waals surface area contributed by atoms with Gasteiger partial charge >= 0.3 is 0 Å². The van der Waals surface area contributed by atoms with E-state index >= 15 is 0 Å². The van der Waals surface area contributed by atoms with Crippen LogP contribution < -0.4 is 19.3 Å². The summed E-state index contributed by atoms with van der Waals surface area (Å²) in [6.07, 6.45) is 13.8. The second-order valence-corrected chi connectivity index (χ2v) is 22.8. The van der Waals surface area contributed by atoms with Gasteiger partial charge in [-0.25, -0.2) is 0 Å². The number of hydrogen-bond acceptors (Lipinski definition) is 4. The van der Waals surface area contributed by atoms with Gasteiger partial charge in [0, 0.05) is 29.1 Å². The minimum atomic E-state index is -0.0496. The molecule has 0 spiro atoms. The van der Waals surface area contributed by atoms with Crippen LogP contribution in [0.4, 0.5) is 34.1 Å². The molecule has 7 aliphatic rings. The zero-order valence-electron chi connectivity index (χ0n) is 46.0. The van der Waals surface area contributed by atoms with E-state index in [0.717, 1.165) is 82.0 Å². The van der Waals surface area contributed by atoms with Crippen LogP contribution in [0.2, 0.25) is 0 Å². The number of hydrogen-bond donors (Lipinski definition) is 0. The van der Waals surface area contributed by atoms with Gasteiger partial charge in [0.2, 0.25) is 0 Å². The lowest BCUT2D eigenvalue weighted by atomic mass is 9.59. The van der Waals surface area contributed by atoms with Crippen molar-refractivity contribution >= 4 is 61.2 Å². The molecule has 4 nitrogen and oxygen atoms in total. The van der Waals surface area contributed by atoms with Crippen LogP contribution in [-0.4, -0.2) is 0 Å². The zero-order valence-corrected chi connectivity index (χ0v) is 46.0. The van der Waals surface area contributed by atoms with Gasteiger partial charge in [-0.05, 0) is 204 Å². The fourth-order valence-electron chi connectivity index (χ4n) is 15.2. The molecule has 11 aromatic rings. The van der Waals surface area contributed by atoms with Gasteiger partial charge in [0.15, 0.2) is 23.0 Å². The van der Waals surface area contributed by atoms with Gasteiger partial charge in [0.25, 0.3) is 0 Å². The molecule has 2 aliphatic heterocycles. The van der Waals surface area contributed by atoms with Crippen molar-refractivity contribution in [3.8, 4) is 34.1 Å². The van der Waals surface area contributed by atoms with Gasteiger partial charge in [0.05, 0.1) is 22.7 Å². The van der Waals surface area contributed by atoms with Crippen LogP contribution in [0.5, 0.6) is 23.0 Å². The van der Waals surface area contributed by atoms with Gasteiger partial charge in [-0.2, -0.15) is 0 Å². The van der Waals surface area contributed by atoms with Gasteiger partial charge in [-0.3, -0.25) is 0 Å². The fraction of sp³-hybridized carbons (Fsp3) is 0.0886. The van der Waals surface area contributed by atoms with Gasteiger partial charge in [0.1, 0.15) is 0 Å². The van der Waals surface area contributed by atoms with Crippen molar-refractivity contribution < 1.29 is 9.47 Å². The molecule has 2 heterocycles. The van der Waals surface area contributed by atoms with Crippen LogP contribution in [0.3, 0.4) is 0 Å². The maximum Gasteiger partial charge on any atom is 0.151 e. The number of nitrogens with zero attached hydrogens (tertiary/aromatic N) is 2. The molecule has 1 atom stereocenters. The molecular weight excluding hydrogens is 1010 g/mol. The first kappa shape index (κ1) is 47.6. The van der Waals surface area contributed by atoms with E-state index in [-0.39, 0.29) is 17.8 Å². The zero-order chi connectivity index (χ0) is 54.9. The summed E-state index contributed by atoms with van der Waals surface area (Å²) in [6.45, 7) is 7.01. The molecule has 0 radical (unpaired) electrons. The van der Waals surface area contributed by atoms with Crippen molar-refractivity contribution in [2.75, 3.05) is 9.80 Å². The monoisotopic (exact) mass is 1060 g/mol. The number of rotatable bonds is 7. The molecule has 18 rings (SSSR count). The Kier molecular flexibility index (Phi) is 10.7. The predicted octanol–water partition coefficient (Wildman–Crippen LogP) is 21.3. The molecule has 0 N–H and O–H groups in total. The van der Waals surface area contributed by atoms with Crippen molar-refractivity contribution in [2.45, 2.75) is 43.9 Å². The Hall–Kier alpha value is -10.2. The van der Waals surface area contributed by atoms with Crippen LogP contribution in [0.15, 0.2) is 278 Å². The number of allylic oxidation sites excluding steroid dienone is 9. The summed E-state index contributed by atoms with van der Waals surface area (Å²) in [5.41, 5.74) is 26.3. The van der Waals surface area contributed by atoms with E-state index < -0.39 is 0 Å². The van der Waals surface area contributed by atoms with Crippen molar-refractivity contribution in [3.63, 3.8) is 0 Å². The third kappa shape index (κ3) is 7.12. The number of anilines is 6. The Morgan fingerprint density at radius 2 is 0.952 bits per heavy atom. The van der Waals surface area contributed by atoms with E-state index in [1.165, 1.54) is 99.5 Å². The third-order valence-electron chi connectivity index (χ3n) is 18.5. The van der Waals surface area contributed by atoms with Crippen LogP contribution in [-0.2, 0) is 6.42 Å². The highest BCUT2D eigenvalue weighted by Gasteiger charge is 2.43. The molecule has 0 fully saturated rings. The number of fused-ring (bicyclic) bond motifs is 8. The van der Waals surface area contributed by atoms with Crippen molar-refractivity contribution in [2.24, 2.45) is 0 Å². The minimum absolute atomic E-state index is 0.0471. The summed E-state index contributed by atoms with van der Waals surface area (Å²) < 4.78 is 13.3. The molecule has 11 aromatic carbocycles. The maximum atomic E-state index is 6.67. The lowest BCUT2D eigenvalue weighted by Crippen LogP contribution is -2.28. The standard InChI is InChI=1S/C79H56N2O2/c1-3-4-5-22-48(2)73-53-25-7-6-23-49(53)45-50-24-20-30-60(74(50)73)76-58-43-41-52(81-67-35-14-18-39-71(67)83-72-40-19-15-36-68(72)81)47-64(58)77(59-44-42-51(46-63(59)76)80-65-33-12-16-37-69(65)82-70-38-17-13-34-66(70)80)62-32-21-31-61-75-54-26-8-10-28-56(54)78(79(61)62)57-29-11-9-27-55(57)75/h3-19,21-29,31-44,46-47,73,75,78H,2,20,30,45H2,1H3/b4-3-,22-5-. The van der Waals surface area contributed by atoms with Gasteiger partial charge in [-0.1, -0.05) is 189 Å². The highest BCUT2D eigenvalue weighted by Crippen LogP contribution is 2.61. The maximum absolute atomic E-state index is 6.67. The quantitative estimate of drug-likeness (QED) is 0.117. The second-order valence-electron chi connectivity index (χ2n) is 22.8. The summed E-state index contributed by atoms with van der Waals surface area (Å²) in [5.74, 6) is 3.43. The first-order valence-corrected chi connectivity index (χ1v) is 29.2. The molecular formula is C79H56N2O2. The molecule has 0 aromatic heterocycles. The van der Waals surface area contributed by atoms with E-state index in [1.54, 1.807) is 0 Å². The molecule has 0 amide bonds. The van der Waals surface area contributed by atoms with Crippen LogP contribution in [0.1, 0.15) is 87.6 Å². The minimum Gasteiger partial charge on any atom is -0.453 e. The highest BCUT2D eigenvalue weighted by molar-refractivity contribution is 6.21. The third-order valence-corrected chi connectivity index (χ3v) is 18.5. The Morgan fingerprint density at radius 3 is 1.52 bits per heavy atom. The molecule has 83 heavy (non-hydrogen) atoms. The normalized spacial score (nSPS) is 17.6. The predicted molar refractivity (Wildman–Crippen MR) is 341 cm³/mol. The molecule has 0 saturated carbocycles. The second kappa shape index (κ2) is 18.7. The molecule has 0 saturated heterocycles. The smallest absolute Gasteiger partial charge is 0.151 e. The van der Waals surface area contributed by atoms with Crippen molar-refractivity contribution in [1.82, 2.24) is 0 Å². The fourth-order valence-corrected chi connectivity index (χ4v) is 15.2. The van der Waals surface area contributed by atoms with Crippen molar-refractivity contribution in [3.05, 3.63) is 328 Å². The molecule has 4 heteroatoms. The summed E-state index contributed by atoms with van der Waals surface area (Å²) in [4.78, 5) is 4.82. The summed E-state index contributed by atoms with van der Waals surface area (Å²) in [7, 11) is 0. The Bertz CT molecular complexity index is 4600. The number of benzene rings is 11. The molecule has 1 unspecified atom stereocenters.